The summed E-state index contributed by atoms with van der Waals surface area (Å²) >= 11 is 0. The van der Waals surface area contributed by atoms with Crippen LogP contribution >= 0.6 is 0 Å². The largest absolute Gasteiger partial charge is 0.387 e. The number of hydrogen-bond acceptors (Lipinski definition) is 2. The fraction of sp³-hybridized carbons (Fsp3) is 0.533. The second-order valence-corrected chi connectivity index (χ2v) is 5.09. The second kappa shape index (κ2) is 5.42. The minimum atomic E-state index is 0.150. The number of hydrogen-bond donors (Lipinski definition) is 1. The fourth-order valence-electron chi connectivity index (χ4n) is 2.19. The van der Waals surface area contributed by atoms with E-state index in [1.54, 1.807) is 0 Å². The maximum absolute atomic E-state index is 12.6. The van der Waals surface area contributed by atoms with Crippen LogP contribution in [-0.2, 0) is 0 Å². The Kier molecular flexibility index (Phi) is 3.90. The van der Waals surface area contributed by atoms with Gasteiger partial charge in [0.05, 0.1) is 5.56 Å². The lowest BCUT2D eigenvalue weighted by Gasteiger charge is -2.22. The average Bonchev–Trinajstić information content (AvgIpc) is 3.19. The van der Waals surface area contributed by atoms with Crippen LogP contribution in [0.2, 0.25) is 0 Å². The molecule has 0 bridgehead atoms. The Labute approximate surface area is 109 Å². The topological polar surface area (TPSA) is 32.3 Å². The quantitative estimate of drug-likeness (QED) is 0.866. The van der Waals surface area contributed by atoms with Crippen LogP contribution in [0.5, 0.6) is 0 Å². The van der Waals surface area contributed by atoms with Crippen molar-refractivity contribution in [1.29, 1.82) is 0 Å². The standard InChI is InChI=1S/C15H22N2O/c1-4-17(10-12-6-7-12)15(18)13-9-11(2)5-8-14(13)16-3/h5,8-9,12,16H,4,6-7,10H2,1-3H3. The van der Waals surface area contributed by atoms with Gasteiger partial charge in [-0.2, -0.15) is 0 Å². The number of amides is 1. The molecule has 0 heterocycles. The van der Waals surface area contributed by atoms with Gasteiger partial charge >= 0.3 is 0 Å². The van der Waals surface area contributed by atoms with Crippen LogP contribution in [0.4, 0.5) is 5.69 Å². The highest BCUT2D eigenvalue weighted by Crippen LogP contribution is 2.30. The Morgan fingerprint density at radius 1 is 1.44 bits per heavy atom. The van der Waals surface area contributed by atoms with Crippen molar-refractivity contribution >= 4 is 11.6 Å². The molecular weight excluding hydrogens is 224 g/mol. The average molecular weight is 246 g/mol. The van der Waals surface area contributed by atoms with Crippen molar-refractivity contribution in [2.24, 2.45) is 5.92 Å². The SMILES string of the molecule is CCN(CC1CC1)C(=O)c1cc(C)ccc1NC. The predicted molar refractivity (Wildman–Crippen MR) is 75.0 cm³/mol. The Bertz CT molecular complexity index is 438. The Balaban J connectivity index is 2.21. The normalized spacial score (nSPS) is 14.4. The van der Waals surface area contributed by atoms with Gasteiger partial charge in [0.2, 0.25) is 0 Å². The van der Waals surface area contributed by atoms with Crippen molar-refractivity contribution in [3.8, 4) is 0 Å². The number of carbonyl (C=O) groups excluding carboxylic acids is 1. The van der Waals surface area contributed by atoms with Crippen molar-refractivity contribution < 1.29 is 4.79 Å². The minimum Gasteiger partial charge on any atom is -0.387 e. The van der Waals surface area contributed by atoms with Crippen LogP contribution in [0.15, 0.2) is 18.2 Å². The molecule has 18 heavy (non-hydrogen) atoms. The van der Waals surface area contributed by atoms with E-state index >= 15 is 0 Å². The van der Waals surface area contributed by atoms with Crippen LogP contribution in [0, 0.1) is 12.8 Å². The summed E-state index contributed by atoms with van der Waals surface area (Å²) in [6.07, 6.45) is 2.55. The zero-order chi connectivity index (χ0) is 13.1. The van der Waals surface area contributed by atoms with Gasteiger partial charge in [-0.05, 0) is 44.7 Å². The number of anilines is 1. The van der Waals surface area contributed by atoms with E-state index in [1.807, 2.05) is 37.1 Å². The maximum Gasteiger partial charge on any atom is 0.255 e. The Morgan fingerprint density at radius 2 is 2.17 bits per heavy atom. The van der Waals surface area contributed by atoms with E-state index in [1.165, 1.54) is 12.8 Å². The van der Waals surface area contributed by atoms with Crippen molar-refractivity contribution in [1.82, 2.24) is 4.90 Å². The van der Waals surface area contributed by atoms with E-state index in [0.717, 1.165) is 35.8 Å². The first-order valence-corrected chi connectivity index (χ1v) is 6.73. The van der Waals surface area contributed by atoms with Gasteiger partial charge in [-0.25, -0.2) is 0 Å². The van der Waals surface area contributed by atoms with Gasteiger partial charge in [0.15, 0.2) is 0 Å². The highest BCUT2D eigenvalue weighted by Gasteiger charge is 2.27. The molecule has 0 aromatic heterocycles. The summed E-state index contributed by atoms with van der Waals surface area (Å²) in [6, 6.07) is 5.98. The van der Waals surface area contributed by atoms with Crippen molar-refractivity contribution in [2.45, 2.75) is 26.7 Å². The first-order chi connectivity index (χ1) is 8.65. The molecule has 1 aromatic rings. The van der Waals surface area contributed by atoms with Gasteiger partial charge in [-0.1, -0.05) is 11.6 Å². The molecule has 1 fully saturated rings. The van der Waals surface area contributed by atoms with Crippen LogP contribution in [0.3, 0.4) is 0 Å². The summed E-state index contributed by atoms with van der Waals surface area (Å²) in [5, 5.41) is 3.10. The molecule has 1 aromatic carbocycles. The molecule has 1 N–H and O–H groups in total. The van der Waals surface area contributed by atoms with Gasteiger partial charge in [0.25, 0.3) is 5.91 Å². The number of rotatable bonds is 5. The molecular formula is C15H22N2O. The van der Waals surface area contributed by atoms with Crippen LogP contribution in [0.1, 0.15) is 35.7 Å². The first kappa shape index (κ1) is 12.9. The molecule has 2 rings (SSSR count). The summed E-state index contributed by atoms with van der Waals surface area (Å²) in [5.41, 5.74) is 2.83. The van der Waals surface area contributed by atoms with Crippen LogP contribution < -0.4 is 5.32 Å². The van der Waals surface area contributed by atoms with Crippen LogP contribution in [-0.4, -0.2) is 30.9 Å². The van der Waals surface area contributed by atoms with E-state index in [0.29, 0.717) is 0 Å². The lowest BCUT2D eigenvalue weighted by molar-refractivity contribution is 0.0758. The lowest BCUT2D eigenvalue weighted by Crippen LogP contribution is -2.33. The van der Waals surface area contributed by atoms with E-state index in [9.17, 15) is 4.79 Å². The smallest absolute Gasteiger partial charge is 0.255 e. The lowest BCUT2D eigenvalue weighted by atomic mass is 10.1. The third-order valence-corrected chi connectivity index (χ3v) is 3.52. The molecule has 1 aliphatic rings. The summed E-state index contributed by atoms with van der Waals surface area (Å²) in [7, 11) is 1.86. The predicted octanol–water partition coefficient (Wildman–Crippen LogP) is 2.91. The number of carbonyl (C=O) groups is 1. The molecule has 3 heteroatoms. The van der Waals surface area contributed by atoms with Gasteiger partial charge in [-0.15, -0.1) is 0 Å². The molecule has 0 aliphatic heterocycles. The Morgan fingerprint density at radius 3 is 2.72 bits per heavy atom. The molecule has 98 valence electrons. The third kappa shape index (κ3) is 2.84. The molecule has 0 atom stereocenters. The van der Waals surface area contributed by atoms with Crippen molar-refractivity contribution in [3.05, 3.63) is 29.3 Å². The molecule has 1 aliphatic carbocycles. The minimum absolute atomic E-state index is 0.150. The Hall–Kier alpha value is -1.51. The molecule has 3 nitrogen and oxygen atoms in total. The van der Waals surface area contributed by atoms with Crippen molar-refractivity contribution in [2.75, 3.05) is 25.5 Å². The molecule has 1 saturated carbocycles. The number of nitrogens with zero attached hydrogens (tertiary/aromatic N) is 1. The number of aryl methyl sites for hydroxylation is 1. The van der Waals surface area contributed by atoms with Crippen LogP contribution in [0.25, 0.3) is 0 Å². The maximum atomic E-state index is 12.6. The zero-order valence-corrected chi connectivity index (χ0v) is 11.5. The van der Waals surface area contributed by atoms with E-state index < -0.39 is 0 Å². The summed E-state index contributed by atoms with van der Waals surface area (Å²) in [6.45, 7) is 5.77. The number of nitrogens with one attached hydrogen (secondary N) is 1. The molecule has 0 spiro atoms. The first-order valence-electron chi connectivity index (χ1n) is 6.73. The van der Waals surface area contributed by atoms with Crippen molar-refractivity contribution in [3.63, 3.8) is 0 Å². The fourth-order valence-corrected chi connectivity index (χ4v) is 2.19. The number of benzene rings is 1. The molecule has 0 saturated heterocycles. The molecule has 1 amide bonds. The van der Waals surface area contributed by atoms with Gasteiger partial charge in [0.1, 0.15) is 0 Å². The van der Waals surface area contributed by atoms with Gasteiger partial charge < -0.3 is 10.2 Å². The van der Waals surface area contributed by atoms with E-state index in [4.69, 9.17) is 0 Å². The van der Waals surface area contributed by atoms with Gasteiger partial charge in [0, 0.05) is 25.8 Å². The summed E-state index contributed by atoms with van der Waals surface area (Å²) in [4.78, 5) is 14.5. The molecule has 0 unspecified atom stereocenters. The van der Waals surface area contributed by atoms with E-state index in [2.05, 4.69) is 12.2 Å². The highest BCUT2D eigenvalue weighted by atomic mass is 16.2. The van der Waals surface area contributed by atoms with E-state index in [-0.39, 0.29) is 5.91 Å². The highest BCUT2D eigenvalue weighted by molar-refractivity contribution is 5.99. The second-order valence-electron chi connectivity index (χ2n) is 5.09. The summed E-state index contributed by atoms with van der Waals surface area (Å²) in [5.74, 6) is 0.884. The summed E-state index contributed by atoms with van der Waals surface area (Å²) < 4.78 is 0. The van der Waals surface area contributed by atoms with Gasteiger partial charge in [-0.3, -0.25) is 4.79 Å². The monoisotopic (exact) mass is 246 g/mol. The third-order valence-electron chi connectivity index (χ3n) is 3.52. The molecule has 0 radical (unpaired) electrons. The zero-order valence-electron chi connectivity index (χ0n) is 11.5.